The van der Waals surface area contributed by atoms with Gasteiger partial charge in [-0.25, -0.2) is 0 Å². The monoisotopic (exact) mass is 429 g/mol. The van der Waals surface area contributed by atoms with Crippen molar-refractivity contribution in [3.8, 4) is 0 Å². The minimum atomic E-state index is -0.851. The zero-order valence-corrected chi connectivity index (χ0v) is 17.6. The molecule has 1 unspecified atom stereocenters. The third-order valence-electron chi connectivity index (χ3n) is 4.78. The van der Waals surface area contributed by atoms with E-state index < -0.39 is 22.8 Å². The number of furan rings is 1. The molecule has 0 saturated carbocycles. The molecule has 1 atom stereocenters. The van der Waals surface area contributed by atoms with Crippen molar-refractivity contribution in [1.82, 2.24) is 24.9 Å². The molecular weight excluding hydrogens is 406 g/mol. The highest BCUT2D eigenvalue weighted by Gasteiger charge is 2.28. The first-order chi connectivity index (χ1) is 14.7. The second-order valence-electron chi connectivity index (χ2n) is 6.90. The molecule has 0 fully saturated rings. The van der Waals surface area contributed by atoms with Gasteiger partial charge in [-0.1, -0.05) is 0 Å². The second kappa shape index (κ2) is 8.81. The Hall–Kier alpha value is -3.96. The summed E-state index contributed by atoms with van der Waals surface area (Å²) in [7, 11) is 0. The maximum absolute atomic E-state index is 12.8. The third-order valence-corrected chi connectivity index (χ3v) is 4.78. The van der Waals surface area contributed by atoms with Crippen molar-refractivity contribution >= 4 is 23.2 Å². The fourth-order valence-corrected chi connectivity index (χ4v) is 3.15. The zero-order valence-electron chi connectivity index (χ0n) is 17.6. The van der Waals surface area contributed by atoms with E-state index in [-0.39, 0.29) is 35.0 Å². The number of nitro groups is 1. The minimum Gasteiger partial charge on any atom is -0.467 e. The van der Waals surface area contributed by atoms with E-state index in [0.29, 0.717) is 12.3 Å². The van der Waals surface area contributed by atoms with Gasteiger partial charge in [0.25, 0.3) is 5.91 Å². The average molecular weight is 429 g/mol. The maximum Gasteiger partial charge on any atom is 0.312 e. The van der Waals surface area contributed by atoms with E-state index in [1.54, 1.807) is 25.3 Å². The van der Waals surface area contributed by atoms with Crippen LogP contribution in [0.1, 0.15) is 47.5 Å². The molecule has 0 saturated heterocycles. The van der Waals surface area contributed by atoms with Crippen LogP contribution in [0.25, 0.3) is 0 Å². The van der Waals surface area contributed by atoms with Crippen LogP contribution in [0.3, 0.4) is 0 Å². The van der Waals surface area contributed by atoms with Gasteiger partial charge >= 0.3 is 5.69 Å². The summed E-state index contributed by atoms with van der Waals surface area (Å²) in [6.45, 7) is 7.13. The first-order valence-electron chi connectivity index (χ1n) is 9.61. The molecule has 31 heavy (non-hydrogen) atoms. The topological polar surface area (TPSA) is 150 Å². The summed E-state index contributed by atoms with van der Waals surface area (Å²) in [6, 6.07) is 2.59. The fourth-order valence-electron chi connectivity index (χ4n) is 3.15. The Labute approximate surface area is 177 Å². The third kappa shape index (κ3) is 4.47. The number of nitrogens with one attached hydrogen (secondary N) is 2. The highest BCUT2D eigenvalue weighted by molar-refractivity contribution is 6.03. The van der Waals surface area contributed by atoms with Crippen LogP contribution in [0, 0.1) is 24.0 Å². The van der Waals surface area contributed by atoms with Crippen LogP contribution in [0.5, 0.6) is 0 Å². The molecule has 0 aliphatic heterocycles. The van der Waals surface area contributed by atoms with Crippen molar-refractivity contribution in [3.05, 3.63) is 57.5 Å². The van der Waals surface area contributed by atoms with Gasteiger partial charge in [0.1, 0.15) is 23.2 Å². The smallest absolute Gasteiger partial charge is 0.312 e. The van der Waals surface area contributed by atoms with E-state index in [4.69, 9.17) is 4.42 Å². The predicted molar refractivity (Wildman–Crippen MR) is 109 cm³/mol. The molecule has 2 N–H and O–H groups in total. The first-order valence-corrected chi connectivity index (χ1v) is 9.61. The largest absolute Gasteiger partial charge is 0.467 e. The van der Waals surface area contributed by atoms with E-state index >= 15 is 0 Å². The molecule has 0 aromatic carbocycles. The lowest BCUT2D eigenvalue weighted by molar-refractivity contribution is -0.386. The normalized spacial score (nSPS) is 11.9. The molecule has 3 heterocycles. The van der Waals surface area contributed by atoms with Crippen molar-refractivity contribution in [3.63, 3.8) is 0 Å². The minimum absolute atomic E-state index is 0.0494. The standard InChI is InChI=1S/C19H23N7O5/c1-5-24-10-15(16(23-24)19(28)20-9-14-7-6-8-31-14)21-18(27)13(4)25-12(3)17(26(29)30)11(2)22-25/h6-8,10,13H,5,9H2,1-4H3,(H,20,28)(H,21,27). The second-order valence-corrected chi connectivity index (χ2v) is 6.90. The quantitative estimate of drug-likeness (QED) is 0.412. The molecule has 0 spiro atoms. The molecule has 0 aliphatic carbocycles. The summed E-state index contributed by atoms with van der Waals surface area (Å²) >= 11 is 0. The van der Waals surface area contributed by atoms with Crippen molar-refractivity contribution in [2.75, 3.05) is 5.32 Å². The highest BCUT2D eigenvalue weighted by atomic mass is 16.6. The summed E-state index contributed by atoms with van der Waals surface area (Å²) < 4.78 is 8.01. The molecule has 12 heteroatoms. The molecule has 0 bridgehead atoms. The molecule has 164 valence electrons. The van der Waals surface area contributed by atoms with Gasteiger partial charge in [-0.15, -0.1) is 0 Å². The fraction of sp³-hybridized carbons (Fsp3) is 0.368. The summed E-state index contributed by atoms with van der Waals surface area (Å²) in [5.41, 5.74) is 0.640. The Kier molecular flexibility index (Phi) is 6.18. The number of carbonyl (C=O) groups is 2. The Morgan fingerprint density at radius 1 is 1.32 bits per heavy atom. The Bertz CT molecular complexity index is 1110. The van der Waals surface area contributed by atoms with Crippen LogP contribution in [0.4, 0.5) is 11.4 Å². The number of anilines is 1. The van der Waals surface area contributed by atoms with Crippen molar-refractivity contribution in [2.24, 2.45) is 0 Å². The van der Waals surface area contributed by atoms with Crippen LogP contribution >= 0.6 is 0 Å². The lowest BCUT2D eigenvalue weighted by Crippen LogP contribution is -2.28. The number of nitrogens with zero attached hydrogens (tertiary/aromatic N) is 5. The Balaban J connectivity index is 1.79. The molecule has 3 aromatic heterocycles. The van der Waals surface area contributed by atoms with Gasteiger partial charge in [0.05, 0.1) is 23.4 Å². The van der Waals surface area contributed by atoms with Crippen molar-refractivity contribution in [1.29, 1.82) is 0 Å². The molecule has 0 aliphatic rings. The summed E-state index contributed by atoms with van der Waals surface area (Å²) in [5, 5.41) is 25.0. The van der Waals surface area contributed by atoms with E-state index in [1.807, 2.05) is 6.92 Å². The number of hydrogen-bond donors (Lipinski definition) is 2. The van der Waals surface area contributed by atoms with Crippen LogP contribution in [-0.2, 0) is 17.9 Å². The highest BCUT2D eigenvalue weighted by Crippen LogP contribution is 2.25. The van der Waals surface area contributed by atoms with Crippen LogP contribution in [0.2, 0.25) is 0 Å². The van der Waals surface area contributed by atoms with Gasteiger partial charge in [-0.05, 0) is 39.8 Å². The molecular formula is C19H23N7O5. The summed E-state index contributed by atoms with van der Waals surface area (Å²) in [6.07, 6.45) is 3.06. The van der Waals surface area contributed by atoms with Gasteiger partial charge < -0.3 is 15.1 Å². The van der Waals surface area contributed by atoms with Gasteiger partial charge in [0, 0.05) is 12.7 Å². The Morgan fingerprint density at radius 3 is 2.65 bits per heavy atom. The van der Waals surface area contributed by atoms with E-state index in [0.717, 1.165) is 0 Å². The van der Waals surface area contributed by atoms with Gasteiger partial charge in [-0.3, -0.25) is 29.1 Å². The number of amides is 2. The molecule has 3 rings (SSSR count). The van der Waals surface area contributed by atoms with Crippen LogP contribution in [0.15, 0.2) is 29.0 Å². The molecule has 3 aromatic rings. The lowest BCUT2D eigenvalue weighted by atomic mass is 10.2. The SMILES string of the molecule is CCn1cc(NC(=O)C(C)n2nc(C)c([N+](=O)[O-])c2C)c(C(=O)NCc2ccco2)n1. The van der Waals surface area contributed by atoms with Crippen molar-refractivity contribution < 1.29 is 18.9 Å². The number of aromatic nitrogens is 4. The van der Waals surface area contributed by atoms with Gasteiger partial charge in [0.2, 0.25) is 5.91 Å². The van der Waals surface area contributed by atoms with Crippen LogP contribution < -0.4 is 10.6 Å². The number of hydrogen-bond acceptors (Lipinski definition) is 7. The van der Waals surface area contributed by atoms with E-state index in [9.17, 15) is 19.7 Å². The van der Waals surface area contributed by atoms with Crippen molar-refractivity contribution in [2.45, 2.75) is 46.8 Å². The molecule has 2 amide bonds. The summed E-state index contributed by atoms with van der Waals surface area (Å²) in [4.78, 5) is 36.2. The molecule has 0 radical (unpaired) electrons. The van der Waals surface area contributed by atoms with E-state index in [2.05, 4.69) is 20.8 Å². The maximum atomic E-state index is 12.8. The van der Waals surface area contributed by atoms with Crippen LogP contribution in [-0.4, -0.2) is 36.3 Å². The summed E-state index contributed by atoms with van der Waals surface area (Å²) in [5.74, 6) is -0.391. The number of carbonyl (C=O) groups excluding carboxylic acids is 2. The predicted octanol–water partition coefficient (Wildman–Crippen LogP) is 2.35. The average Bonchev–Trinajstić information content (AvgIpc) is 3.44. The van der Waals surface area contributed by atoms with Gasteiger partial charge in [-0.2, -0.15) is 10.2 Å². The van der Waals surface area contributed by atoms with E-state index in [1.165, 1.54) is 29.5 Å². The first kappa shape index (κ1) is 21.7. The number of rotatable bonds is 8. The molecule has 12 nitrogen and oxygen atoms in total. The Morgan fingerprint density at radius 2 is 2.06 bits per heavy atom. The lowest BCUT2D eigenvalue weighted by Gasteiger charge is -2.14. The number of aryl methyl sites for hydroxylation is 2. The zero-order chi connectivity index (χ0) is 22.7. The van der Waals surface area contributed by atoms with Gasteiger partial charge in [0.15, 0.2) is 5.69 Å².